The first-order valence-corrected chi connectivity index (χ1v) is 3.61. The van der Waals surface area contributed by atoms with E-state index in [4.69, 9.17) is 0 Å². The van der Waals surface area contributed by atoms with Crippen molar-refractivity contribution in [1.82, 2.24) is 0 Å². The molecule has 0 aromatic carbocycles. The Morgan fingerprint density at radius 1 is 1.57 bits per heavy atom. The average Bonchev–Trinajstić information content (AvgIpc) is 1.31. The SMILES string of the molecule is BrCC1CCC1.[H-].[H-].[Mg+2]. The molecule has 1 saturated carbocycles. The third-order valence-corrected chi connectivity index (χ3v) is 2.36. The number of hydrogen-bond donors (Lipinski definition) is 0. The molecule has 1 aliphatic rings. The Kier molecular flexibility index (Phi) is 4.90. The molecule has 0 radical (unpaired) electrons. The van der Waals surface area contributed by atoms with Crippen LogP contribution in [0, 0.1) is 5.92 Å². The maximum Gasteiger partial charge on any atom is 2.00 e. The summed E-state index contributed by atoms with van der Waals surface area (Å²) >= 11 is 3.43. The molecule has 2 heteroatoms. The van der Waals surface area contributed by atoms with Crippen LogP contribution in [0.15, 0.2) is 0 Å². The van der Waals surface area contributed by atoms with Gasteiger partial charge in [-0.3, -0.25) is 0 Å². The minimum Gasteiger partial charge on any atom is -1.00 e. The summed E-state index contributed by atoms with van der Waals surface area (Å²) in [6.07, 6.45) is 4.40. The molecule has 0 heterocycles. The Morgan fingerprint density at radius 2 is 2.14 bits per heavy atom. The maximum atomic E-state index is 3.43. The Morgan fingerprint density at radius 3 is 2.14 bits per heavy atom. The topological polar surface area (TPSA) is 0 Å². The van der Waals surface area contributed by atoms with Gasteiger partial charge in [-0.2, -0.15) is 0 Å². The van der Waals surface area contributed by atoms with Crippen molar-refractivity contribution in [1.29, 1.82) is 0 Å². The van der Waals surface area contributed by atoms with Crippen molar-refractivity contribution in [2.75, 3.05) is 5.33 Å². The summed E-state index contributed by atoms with van der Waals surface area (Å²) < 4.78 is 0. The molecule has 0 atom stereocenters. The summed E-state index contributed by atoms with van der Waals surface area (Å²) in [4.78, 5) is 0. The van der Waals surface area contributed by atoms with E-state index in [-0.39, 0.29) is 25.9 Å². The predicted octanol–water partition coefficient (Wildman–Crippen LogP) is 2.03. The van der Waals surface area contributed by atoms with E-state index in [0.717, 1.165) is 5.92 Å². The summed E-state index contributed by atoms with van der Waals surface area (Å²) in [5, 5.41) is 1.23. The monoisotopic (exact) mass is 174 g/mol. The first-order valence-electron chi connectivity index (χ1n) is 2.49. The van der Waals surface area contributed by atoms with Gasteiger partial charge >= 0.3 is 23.1 Å². The quantitative estimate of drug-likeness (QED) is 0.422. The van der Waals surface area contributed by atoms with E-state index >= 15 is 0 Å². The fourth-order valence-corrected chi connectivity index (χ4v) is 1.29. The van der Waals surface area contributed by atoms with Crippen molar-refractivity contribution in [2.45, 2.75) is 19.3 Å². The van der Waals surface area contributed by atoms with Crippen LogP contribution < -0.4 is 0 Å². The van der Waals surface area contributed by atoms with Crippen molar-refractivity contribution < 1.29 is 2.85 Å². The van der Waals surface area contributed by atoms with E-state index in [1.165, 1.54) is 24.6 Å². The molecule has 1 rings (SSSR count). The molecule has 40 valence electrons. The molecule has 0 aromatic heterocycles. The van der Waals surface area contributed by atoms with Crippen LogP contribution in [0.25, 0.3) is 0 Å². The molecular formula is C5H11BrMg. The van der Waals surface area contributed by atoms with E-state index in [1.54, 1.807) is 0 Å². The van der Waals surface area contributed by atoms with Gasteiger partial charge in [0.2, 0.25) is 0 Å². The van der Waals surface area contributed by atoms with Gasteiger partial charge in [0.1, 0.15) is 0 Å². The second kappa shape index (κ2) is 4.16. The van der Waals surface area contributed by atoms with Gasteiger partial charge in [0.15, 0.2) is 0 Å². The zero-order chi connectivity index (χ0) is 4.41. The summed E-state index contributed by atoms with van der Waals surface area (Å²) in [7, 11) is 0. The second-order valence-corrected chi connectivity index (χ2v) is 2.60. The van der Waals surface area contributed by atoms with Crippen molar-refractivity contribution >= 4 is 39.0 Å². The van der Waals surface area contributed by atoms with E-state index in [0.29, 0.717) is 0 Å². The normalized spacial score (nSPS) is 20.1. The zero-order valence-corrected chi connectivity index (χ0v) is 7.49. The van der Waals surface area contributed by atoms with E-state index < -0.39 is 0 Å². The number of halogens is 1. The molecule has 7 heavy (non-hydrogen) atoms. The average molecular weight is 175 g/mol. The molecule has 0 aliphatic heterocycles. The summed E-state index contributed by atoms with van der Waals surface area (Å²) in [5.74, 6) is 1.03. The molecule has 0 unspecified atom stereocenters. The molecular weight excluding hydrogens is 164 g/mol. The molecule has 0 spiro atoms. The van der Waals surface area contributed by atoms with E-state index in [9.17, 15) is 0 Å². The molecule has 0 aromatic rings. The molecule has 1 fully saturated rings. The number of rotatable bonds is 1. The molecule has 0 bridgehead atoms. The minimum atomic E-state index is 0. The minimum absolute atomic E-state index is 0. The van der Waals surface area contributed by atoms with Crippen molar-refractivity contribution in [3.63, 3.8) is 0 Å². The van der Waals surface area contributed by atoms with Gasteiger partial charge in [-0.25, -0.2) is 0 Å². The van der Waals surface area contributed by atoms with Crippen LogP contribution in [0.1, 0.15) is 22.1 Å². The van der Waals surface area contributed by atoms with Crippen molar-refractivity contribution in [3.8, 4) is 0 Å². The van der Waals surface area contributed by atoms with Gasteiger partial charge < -0.3 is 2.85 Å². The number of alkyl halides is 1. The zero-order valence-electron chi connectivity index (χ0n) is 6.49. The van der Waals surface area contributed by atoms with Crippen molar-refractivity contribution in [3.05, 3.63) is 0 Å². The van der Waals surface area contributed by atoms with Crippen LogP contribution in [0.3, 0.4) is 0 Å². The van der Waals surface area contributed by atoms with Crippen LogP contribution in [0.5, 0.6) is 0 Å². The molecule has 0 N–H and O–H groups in total. The Bertz CT molecular complexity index is 47.5. The molecule has 0 saturated heterocycles. The molecule has 0 nitrogen and oxygen atoms in total. The van der Waals surface area contributed by atoms with E-state index in [2.05, 4.69) is 15.9 Å². The van der Waals surface area contributed by atoms with Crippen molar-refractivity contribution in [2.24, 2.45) is 5.92 Å². The van der Waals surface area contributed by atoms with Crippen LogP contribution in [0.4, 0.5) is 0 Å². The Balaban J connectivity index is -0.000000120. The summed E-state index contributed by atoms with van der Waals surface area (Å²) in [5.41, 5.74) is 0. The van der Waals surface area contributed by atoms with Crippen LogP contribution in [0.2, 0.25) is 0 Å². The summed E-state index contributed by atoms with van der Waals surface area (Å²) in [6, 6.07) is 0. The first-order chi connectivity index (χ1) is 2.93. The standard InChI is InChI=1S/C5H9Br.Mg.2H/c6-4-5-2-1-3-5;;;/h5H,1-4H2;;;/q;+2;2*-1. The Hall–Kier alpha value is 1.25. The van der Waals surface area contributed by atoms with Gasteiger partial charge in [0.05, 0.1) is 0 Å². The molecule has 1 aliphatic carbocycles. The van der Waals surface area contributed by atoms with Gasteiger partial charge in [-0.05, 0) is 18.8 Å². The summed E-state index contributed by atoms with van der Waals surface area (Å²) in [6.45, 7) is 0. The van der Waals surface area contributed by atoms with E-state index in [1.807, 2.05) is 0 Å². The van der Waals surface area contributed by atoms with Crippen LogP contribution in [-0.4, -0.2) is 28.4 Å². The first kappa shape index (κ1) is 8.25. The van der Waals surface area contributed by atoms with Crippen LogP contribution >= 0.6 is 15.9 Å². The van der Waals surface area contributed by atoms with Gasteiger partial charge in [-0.15, -0.1) is 0 Å². The number of hydrogen-bond acceptors (Lipinski definition) is 0. The molecule has 0 amide bonds. The van der Waals surface area contributed by atoms with Gasteiger partial charge in [0.25, 0.3) is 0 Å². The fraction of sp³-hybridized carbons (Fsp3) is 1.00. The van der Waals surface area contributed by atoms with Gasteiger partial charge in [-0.1, -0.05) is 22.4 Å². The third-order valence-electron chi connectivity index (χ3n) is 1.44. The predicted molar refractivity (Wildman–Crippen MR) is 39.1 cm³/mol. The second-order valence-electron chi connectivity index (χ2n) is 1.95. The fourth-order valence-electron chi connectivity index (χ4n) is 0.647. The third kappa shape index (κ3) is 2.33. The largest absolute Gasteiger partial charge is 2.00 e. The van der Waals surface area contributed by atoms with Gasteiger partial charge in [0, 0.05) is 5.33 Å². The van der Waals surface area contributed by atoms with Crippen LogP contribution in [-0.2, 0) is 0 Å². The Labute approximate surface area is 72.3 Å². The smallest absolute Gasteiger partial charge is 1.00 e. The maximum absolute atomic E-state index is 3.43.